The molecule has 0 aromatic heterocycles. The van der Waals surface area contributed by atoms with Gasteiger partial charge in [0.1, 0.15) is 0 Å². The van der Waals surface area contributed by atoms with Gasteiger partial charge < -0.3 is 5.11 Å². The zero-order chi connectivity index (χ0) is 20.2. The van der Waals surface area contributed by atoms with Gasteiger partial charge in [0.15, 0.2) is 0 Å². The van der Waals surface area contributed by atoms with E-state index in [1.54, 1.807) is 0 Å². The molecule has 3 heteroatoms. The van der Waals surface area contributed by atoms with Crippen molar-refractivity contribution in [3.05, 3.63) is 0 Å². The van der Waals surface area contributed by atoms with Gasteiger partial charge in [-0.3, -0.25) is 4.79 Å². The average Bonchev–Trinajstić information content (AvgIpc) is 2.66. The molecule has 0 aliphatic carbocycles. The molecule has 0 rings (SSSR count). The van der Waals surface area contributed by atoms with E-state index in [2.05, 4.69) is 13.8 Å². The summed E-state index contributed by atoms with van der Waals surface area (Å²) >= 11 is 5.90. The van der Waals surface area contributed by atoms with Gasteiger partial charge >= 0.3 is 5.97 Å². The summed E-state index contributed by atoms with van der Waals surface area (Å²) in [5.41, 5.74) is 0. The van der Waals surface area contributed by atoms with Crippen molar-refractivity contribution in [2.45, 2.75) is 129 Å². The largest absolute Gasteiger partial charge is 0.481 e. The minimum atomic E-state index is -0.580. The molecule has 1 N–H and O–H groups in total. The fraction of sp³-hybridized carbons (Fsp3) is 0.958. The molecule has 162 valence electrons. The fourth-order valence-corrected chi connectivity index (χ4v) is 4.29. The fourth-order valence-electron chi connectivity index (χ4n) is 4.13. The van der Waals surface area contributed by atoms with Gasteiger partial charge in [-0.15, -0.1) is 11.6 Å². The Kier molecular flexibility index (Phi) is 20.3. The van der Waals surface area contributed by atoms with Crippen molar-refractivity contribution < 1.29 is 9.90 Å². The Balaban J connectivity index is 4.19. The van der Waals surface area contributed by atoms with Crippen LogP contribution in [0.15, 0.2) is 0 Å². The van der Waals surface area contributed by atoms with Crippen LogP contribution in [-0.2, 0) is 4.79 Å². The summed E-state index contributed by atoms with van der Waals surface area (Å²) in [6.07, 6.45) is 21.7. The predicted octanol–water partition coefficient (Wildman–Crippen LogP) is 8.60. The van der Waals surface area contributed by atoms with Gasteiger partial charge in [-0.25, -0.2) is 0 Å². The molecule has 0 heterocycles. The Morgan fingerprint density at radius 3 is 1.52 bits per heavy atom. The number of hydrogen-bond donors (Lipinski definition) is 1. The molecule has 2 nitrogen and oxygen atoms in total. The monoisotopic (exact) mass is 402 g/mol. The number of halogens is 1. The Morgan fingerprint density at radius 2 is 1.07 bits per heavy atom. The molecule has 0 aliphatic rings. The highest BCUT2D eigenvalue weighted by Crippen LogP contribution is 2.29. The van der Waals surface area contributed by atoms with Crippen molar-refractivity contribution in [3.8, 4) is 0 Å². The van der Waals surface area contributed by atoms with Crippen LogP contribution in [0.25, 0.3) is 0 Å². The second-order valence-electron chi connectivity index (χ2n) is 8.36. The lowest BCUT2D eigenvalue weighted by atomic mass is 9.81. The van der Waals surface area contributed by atoms with E-state index in [1.165, 1.54) is 83.5 Å². The maximum Gasteiger partial charge on any atom is 0.306 e. The highest BCUT2D eigenvalue weighted by atomic mass is 35.5. The second-order valence-corrected chi connectivity index (χ2v) is 8.73. The molecule has 0 aromatic rings. The first-order valence-electron chi connectivity index (χ1n) is 12.0. The molecule has 0 saturated heterocycles. The second kappa shape index (κ2) is 20.5. The number of carboxylic acids is 1. The molecule has 0 radical (unpaired) electrons. The number of carbonyl (C=O) groups is 1. The van der Waals surface area contributed by atoms with Gasteiger partial charge in [0.25, 0.3) is 0 Å². The molecular formula is C24H47ClO2. The van der Waals surface area contributed by atoms with Crippen molar-refractivity contribution in [1.82, 2.24) is 0 Å². The highest BCUT2D eigenvalue weighted by molar-refractivity contribution is 6.17. The summed E-state index contributed by atoms with van der Waals surface area (Å²) < 4.78 is 0. The van der Waals surface area contributed by atoms with Crippen molar-refractivity contribution in [2.75, 3.05) is 5.88 Å². The summed E-state index contributed by atoms with van der Waals surface area (Å²) in [4.78, 5) is 11.9. The molecular weight excluding hydrogens is 356 g/mol. The molecule has 0 amide bonds. The number of unbranched alkanes of at least 4 members (excludes halogenated alkanes) is 12. The quantitative estimate of drug-likeness (QED) is 0.154. The Hall–Kier alpha value is -0.240. The summed E-state index contributed by atoms with van der Waals surface area (Å²) in [5, 5.41) is 9.78. The first-order chi connectivity index (χ1) is 13.2. The maximum atomic E-state index is 11.9. The Bertz CT molecular complexity index is 320. The van der Waals surface area contributed by atoms with Gasteiger partial charge in [0.2, 0.25) is 0 Å². The normalized spacial score (nSPS) is 13.6. The Morgan fingerprint density at radius 1 is 0.667 bits per heavy atom. The maximum absolute atomic E-state index is 11.9. The topological polar surface area (TPSA) is 37.3 Å². The zero-order valence-corrected chi connectivity index (χ0v) is 19.1. The number of alkyl halides is 1. The lowest BCUT2D eigenvalue weighted by molar-refractivity contribution is -0.144. The van der Waals surface area contributed by atoms with Crippen LogP contribution in [0.2, 0.25) is 0 Å². The molecule has 2 atom stereocenters. The van der Waals surface area contributed by atoms with Gasteiger partial charge in [-0.1, -0.05) is 104 Å². The van der Waals surface area contributed by atoms with Crippen LogP contribution in [0.3, 0.4) is 0 Å². The molecule has 0 spiro atoms. The van der Waals surface area contributed by atoms with E-state index < -0.39 is 5.97 Å². The van der Waals surface area contributed by atoms with Crippen LogP contribution < -0.4 is 0 Å². The van der Waals surface area contributed by atoms with Crippen molar-refractivity contribution >= 4 is 17.6 Å². The standard InChI is InChI=1S/C24H47ClO2/c1-3-5-7-9-11-13-15-18-22(19-17-21-25)23(24(26)27)20-16-14-12-10-8-6-4-2/h22-23H,3-21H2,1-2H3,(H,26,27). The van der Waals surface area contributed by atoms with E-state index in [0.29, 0.717) is 11.8 Å². The molecule has 0 aromatic carbocycles. The first-order valence-corrected chi connectivity index (χ1v) is 12.5. The van der Waals surface area contributed by atoms with Crippen molar-refractivity contribution in [3.63, 3.8) is 0 Å². The van der Waals surface area contributed by atoms with Crippen LogP contribution in [0.4, 0.5) is 0 Å². The first kappa shape index (κ1) is 26.8. The van der Waals surface area contributed by atoms with Crippen LogP contribution in [0.1, 0.15) is 129 Å². The van der Waals surface area contributed by atoms with Gasteiger partial charge in [-0.05, 0) is 31.6 Å². The minimum Gasteiger partial charge on any atom is -0.481 e. The van der Waals surface area contributed by atoms with Crippen LogP contribution in [0, 0.1) is 11.8 Å². The lowest BCUT2D eigenvalue weighted by Gasteiger charge is -2.24. The van der Waals surface area contributed by atoms with Crippen LogP contribution in [0.5, 0.6) is 0 Å². The van der Waals surface area contributed by atoms with Crippen LogP contribution in [-0.4, -0.2) is 17.0 Å². The summed E-state index contributed by atoms with van der Waals surface area (Å²) in [5.74, 6) is 0.224. The van der Waals surface area contributed by atoms with E-state index >= 15 is 0 Å². The molecule has 0 fully saturated rings. The average molecular weight is 403 g/mol. The van der Waals surface area contributed by atoms with Gasteiger partial charge in [-0.2, -0.15) is 0 Å². The molecule has 2 unspecified atom stereocenters. The lowest BCUT2D eigenvalue weighted by Crippen LogP contribution is -2.24. The predicted molar refractivity (Wildman–Crippen MR) is 120 cm³/mol. The number of carboxylic acid groups (broad SMARTS) is 1. The van der Waals surface area contributed by atoms with Crippen molar-refractivity contribution in [2.24, 2.45) is 11.8 Å². The van der Waals surface area contributed by atoms with Crippen LogP contribution >= 0.6 is 11.6 Å². The van der Waals surface area contributed by atoms with Gasteiger partial charge in [0.05, 0.1) is 5.92 Å². The number of hydrogen-bond acceptors (Lipinski definition) is 1. The van der Waals surface area contributed by atoms with E-state index in [-0.39, 0.29) is 5.92 Å². The van der Waals surface area contributed by atoms with Crippen molar-refractivity contribution in [1.29, 1.82) is 0 Å². The summed E-state index contributed by atoms with van der Waals surface area (Å²) in [7, 11) is 0. The van der Waals surface area contributed by atoms with E-state index in [4.69, 9.17) is 11.6 Å². The van der Waals surface area contributed by atoms with E-state index in [0.717, 1.165) is 32.1 Å². The zero-order valence-electron chi connectivity index (χ0n) is 18.3. The summed E-state index contributed by atoms with van der Waals surface area (Å²) in [6.45, 7) is 4.49. The molecule has 27 heavy (non-hydrogen) atoms. The van der Waals surface area contributed by atoms with Gasteiger partial charge in [0, 0.05) is 5.88 Å². The summed E-state index contributed by atoms with van der Waals surface area (Å²) in [6, 6.07) is 0. The Labute approximate surface area is 174 Å². The SMILES string of the molecule is CCCCCCCCCC(CCCCl)C(CCCCCCCCC)C(=O)O. The number of aliphatic carboxylic acids is 1. The molecule has 0 saturated carbocycles. The smallest absolute Gasteiger partial charge is 0.306 e. The third-order valence-electron chi connectivity index (χ3n) is 5.89. The highest BCUT2D eigenvalue weighted by Gasteiger charge is 2.26. The minimum absolute atomic E-state index is 0.163. The molecule has 0 bridgehead atoms. The third-order valence-corrected chi connectivity index (χ3v) is 6.16. The van der Waals surface area contributed by atoms with E-state index in [1.807, 2.05) is 0 Å². The number of rotatable bonds is 21. The molecule has 0 aliphatic heterocycles. The van der Waals surface area contributed by atoms with E-state index in [9.17, 15) is 9.90 Å². The third kappa shape index (κ3) is 16.4.